The molecule has 2 aromatic heterocycles. The molecule has 0 atom stereocenters. The first-order valence-corrected chi connectivity index (χ1v) is 6.58. The molecular formula is C15H22N4. The molecule has 0 saturated carbocycles. The second kappa shape index (κ2) is 5.13. The van der Waals surface area contributed by atoms with Crippen LogP contribution in [0.5, 0.6) is 0 Å². The first-order valence-electron chi connectivity index (χ1n) is 6.58. The average molecular weight is 258 g/mol. The minimum atomic E-state index is 0.0347. The predicted octanol–water partition coefficient (Wildman–Crippen LogP) is 2.59. The van der Waals surface area contributed by atoms with E-state index in [2.05, 4.69) is 43.2 Å². The number of pyridine rings is 1. The summed E-state index contributed by atoms with van der Waals surface area (Å²) >= 11 is 0. The molecule has 0 unspecified atom stereocenters. The zero-order chi connectivity index (χ0) is 14.0. The smallest absolute Gasteiger partial charge is 0.138 e. The minimum Gasteiger partial charge on any atom is -0.316 e. The van der Waals surface area contributed by atoms with E-state index in [1.54, 1.807) is 6.20 Å². The minimum absolute atomic E-state index is 0.0347. The third kappa shape index (κ3) is 3.01. The Bertz CT molecular complexity index is 564. The van der Waals surface area contributed by atoms with Crippen LogP contribution in [0.15, 0.2) is 24.5 Å². The lowest BCUT2D eigenvalue weighted by Gasteiger charge is -2.20. The van der Waals surface area contributed by atoms with Gasteiger partial charge in [0.2, 0.25) is 0 Å². The Hall–Kier alpha value is -1.68. The van der Waals surface area contributed by atoms with Crippen LogP contribution < -0.4 is 5.32 Å². The highest BCUT2D eigenvalue weighted by Gasteiger charge is 2.17. The second-order valence-electron chi connectivity index (χ2n) is 5.84. The van der Waals surface area contributed by atoms with Crippen LogP contribution >= 0.6 is 0 Å². The van der Waals surface area contributed by atoms with Crippen molar-refractivity contribution < 1.29 is 0 Å². The number of hydrogen-bond donors (Lipinski definition) is 1. The molecule has 0 bridgehead atoms. The van der Waals surface area contributed by atoms with Gasteiger partial charge in [-0.25, -0.2) is 9.97 Å². The van der Waals surface area contributed by atoms with Gasteiger partial charge in [0.15, 0.2) is 0 Å². The van der Waals surface area contributed by atoms with Crippen LogP contribution in [0.3, 0.4) is 0 Å². The van der Waals surface area contributed by atoms with E-state index in [9.17, 15) is 0 Å². The summed E-state index contributed by atoms with van der Waals surface area (Å²) in [5.74, 6) is 1.89. The predicted molar refractivity (Wildman–Crippen MR) is 77.6 cm³/mol. The number of aryl methyl sites for hydroxylation is 1. The normalized spacial score (nSPS) is 11.8. The molecule has 0 fully saturated rings. The van der Waals surface area contributed by atoms with E-state index in [-0.39, 0.29) is 5.41 Å². The van der Waals surface area contributed by atoms with Crippen molar-refractivity contribution in [3.63, 3.8) is 0 Å². The van der Waals surface area contributed by atoms with Gasteiger partial charge in [0.25, 0.3) is 0 Å². The van der Waals surface area contributed by atoms with Crippen molar-refractivity contribution in [1.29, 1.82) is 0 Å². The lowest BCUT2D eigenvalue weighted by atomic mass is 9.90. The Kier molecular flexibility index (Phi) is 3.71. The van der Waals surface area contributed by atoms with E-state index in [0.717, 1.165) is 23.9 Å². The molecule has 2 rings (SSSR count). The number of hydrogen-bond acceptors (Lipinski definition) is 3. The summed E-state index contributed by atoms with van der Waals surface area (Å²) in [5.41, 5.74) is 2.38. The molecule has 0 aromatic carbocycles. The molecular weight excluding hydrogens is 236 g/mol. The first kappa shape index (κ1) is 13.7. The van der Waals surface area contributed by atoms with Crippen LogP contribution in [0.25, 0.3) is 5.82 Å². The van der Waals surface area contributed by atoms with Crippen LogP contribution in [-0.4, -0.2) is 21.6 Å². The zero-order valence-electron chi connectivity index (χ0n) is 12.4. The fraction of sp³-hybridized carbons (Fsp3) is 0.467. The first-order chi connectivity index (χ1) is 8.91. The molecule has 102 valence electrons. The van der Waals surface area contributed by atoms with Crippen LogP contribution in [-0.2, 0) is 12.0 Å². The van der Waals surface area contributed by atoms with E-state index in [0.29, 0.717) is 0 Å². The topological polar surface area (TPSA) is 42.7 Å². The van der Waals surface area contributed by atoms with E-state index < -0.39 is 0 Å². The molecule has 0 amide bonds. The molecule has 19 heavy (non-hydrogen) atoms. The maximum Gasteiger partial charge on any atom is 0.138 e. The Morgan fingerprint density at radius 3 is 2.53 bits per heavy atom. The molecule has 0 aliphatic heterocycles. The van der Waals surface area contributed by atoms with Crippen molar-refractivity contribution in [2.24, 2.45) is 0 Å². The van der Waals surface area contributed by atoms with Crippen molar-refractivity contribution in [3.05, 3.63) is 41.6 Å². The van der Waals surface area contributed by atoms with Gasteiger partial charge in [0, 0.05) is 30.0 Å². The summed E-state index contributed by atoms with van der Waals surface area (Å²) in [6.45, 7) is 9.38. The van der Waals surface area contributed by atoms with Crippen molar-refractivity contribution in [2.75, 3.05) is 7.05 Å². The van der Waals surface area contributed by atoms with Gasteiger partial charge in [-0.05, 0) is 31.7 Å². The van der Waals surface area contributed by atoms with Gasteiger partial charge in [-0.15, -0.1) is 0 Å². The summed E-state index contributed by atoms with van der Waals surface area (Å²) in [4.78, 5) is 9.05. The summed E-state index contributed by atoms with van der Waals surface area (Å²) in [7, 11) is 1.96. The lowest BCUT2D eigenvalue weighted by Crippen LogP contribution is -2.17. The van der Waals surface area contributed by atoms with Crippen LogP contribution in [0.4, 0.5) is 0 Å². The standard InChI is InChI=1S/C15H22N4/c1-11-17-6-7-19(11)14-9-12(10-16-5)8-13(18-14)15(2,3)4/h6-9,16H,10H2,1-5H3. The molecule has 4 heteroatoms. The van der Waals surface area contributed by atoms with E-state index in [1.165, 1.54) is 5.56 Å². The van der Waals surface area contributed by atoms with Gasteiger partial charge in [0.05, 0.1) is 0 Å². The quantitative estimate of drug-likeness (QED) is 0.920. The monoisotopic (exact) mass is 258 g/mol. The van der Waals surface area contributed by atoms with Gasteiger partial charge in [-0.3, -0.25) is 4.57 Å². The molecule has 2 aromatic rings. The Morgan fingerprint density at radius 2 is 2.00 bits per heavy atom. The Labute approximate surface area is 114 Å². The third-order valence-electron chi connectivity index (χ3n) is 3.09. The highest BCUT2D eigenvalue weighted by molar-refractivity contribution is 5.34. The maximum atomic E-state index is 4.79. The summed E-state index contributed by atoms with van der Waals surface area (Å²) in [6.07, 6.45) is 3.76. The molecule has 0 saturated heterocycles. The zero-order valence-corrected chi connectivity index (χ0v) is 12.4. The number of rotatable bonds is 3. The summed E-state index contributed by atoms with van der Waals surface area (Å²) in [6, 6.07) is 4.28. The van der Waals surface area contributed by atoms with Crippen LogP contribution in [0, 0.1) is 6.92 Å². The van der Waals surface area contributed by atoms with Gasteiger partial charge >= 0.3 is 0 Å². The molecule has 2 heterocycles. The second-order valence-corrected chi connectivity index (χ2v) is 5.84. The van der Waals surface area contributed by atoms with Gasteiger partial charge in [-0.2, -0.15) is 0 Å². The molecule has 1 N–H and O–H groups in total. The lowest BCUT2D eigenvalue weighted by molar-refractivity contribution is 0.565. The van der Waals surface area contributed by atoms with Gasteiger partial charge in [-0.1, -0.05) is 20.8 Å². The van der Waals surface area contributed by atoms with Crippen molar-refractivity contribution in [2.45, 2.75) is 39.7 Å². The van der Waals surface area contributed by atoms with E-state index in [1.807, 2.05) is 24.7 Å². The van der Waals surface area contributed by atoms with E-state index in [4.69, 9.17) is 4.98 Å². The SMILES string of the molecule is CNCc1cc(-n2ccnc2C)nc(C(C)(C)C)c1. The van der Waals surface area contributed by atoms with Crippen molar-refractivity contribution in [1.82, 2.24) is 19.9 Å². The summed E-state index contributed by atoms with van der Waals surface area (Å²) in [5, 5.41) is 3.20. The highest BCUT2D eigenvalue weighted by atomic mass is 15.1. The number of nitrogens with zero attached hydrogens (tertiary/aromatic N) is 3. The van der Waals surface area contributed by atoms with Crippen LogP contribution in [0.1, 0.15) is 37.9 Å². The third-order valence-corrected chi connectivity index (χ3v) is 3.09. The largest absolute Gasteiger partial charge is 0.316 e. The molecule has 0 aliphatic rings. The molecule has 4 nitrogen and oxygen atoms in total. The fourth-order valence-corrected chi connectivity index (χ4v) is 2.00. The number of imidazole rings is 1. The Balaban J connectivity index is 2.55. The fourth-order valence-electron chi connectivity index (χ4n) is 2.00. The molecule has 0 radical (unpaired) electrons. The number of nitrogens with one attached hydrogen (secondary N) is 1. The summed E-state index contributed by atoms with van der Waals surface area (Å²) < 4.78 is 2.02. The van der Waals surface area contributed by atoms with Crippen molar-refractivity contribution in [3.8, 4) is 5.82 Å². The highest BCUT2D eigenvalue weighted by Crippen LogP contribution is 2.23. The van der Waals surface area contributed by atoms with Gasteiger partial charge in [0.1, 0.15) is 11.6 Å². The number of aromatic nitrogens is 3. The average Bonchev–Trinajstić information content (AvgIpc) is 2.74. The van der Waals surface area contributed by atoms with Crippen LogP contribution in [0.2, 0.25) is 0 Å². The molecule has 0 spiro atoms. The maximum absolute atomic E-state index is 4.79. The Morgan fingerprint density at radius 1 is 1.26 bits per heavy atom. The van der Waals surface area contributed by atoms with Crippen molar-refractivity contribution >= 4 is 0 Å². The van der Waals surface area contributed by atoms with E-state index >= 15 is 0 Å². The van der Waals surface area contributed by atoms with Gasteiger partial charge < -0.3 is 5.32 Å². The molecule has 0 aliphatic carbocycles.